The Morgan fingerprint density at radius 3 is 1.58 bits per heavy atom. The molecule has 1 saturated carbocycles. The van der Waals surface area contributed by atoms with Crippen LogP contribution in [0.4, 0.5) is 0 Å². The van der Waals surface area contributed by atoms with Gasteiger partial charge in [0, 0.05) is 69.4 Å². The first-order valence-electron chi connectivity index (χ1n) is 37.2. The molecule has 1 aliphatic carbocycles. The number of rotatable bonds is 18. The fourth-order valence-corrected chi connectivity index (χ4v) is 12.9. The molecule has 108 heavy (non-hydrogen) atoms. The first-order chi connectivity index (χ1) is 51.3. The second-order valence-electron chi connectivity index (χ2n) is 28.9. The summed E-state index contributed by atoms with van der Waals surface area (Å²) < 4.78 is 0. The summed E-state index contributed by atoms with van der Waals surface area (Å²) in [6, 6.07) is -0.781. The number of amides is 12. The Labute approximate surface area is 627 Å². The molecule has 3 heterocycles. The van der Waals surface area contributed by atoms with Crippen molar-refractivity contribution in [1.29, 1.82) is 0 Å². The maximum absolute atomic E-state index is 15.0. The van der Waals surface area contributed by atoms with Gasteiger partial charge in [-0.2, -0.15) is 0 Å². The molecule has 592 valence electrons. The van der Waals surface area contributed by atoms with Crippen LogP contribution in [0.2, 0.25) is 0 Å². The topological polar surface area (TPSA) is 522 Å². The quantitative estimate of drug-likeness (QED) is 0.0593. The molecule has 12 amide bonds. The highest BCUT2D eigenvalue weighted by atomic mass is 16.4. The van der Waals surface area contributed by atoms with Crippen molar-refractivity contribution in [1.82, 2.24) is 73.8 Å². The molecule has 1 saturated heterocycles. The van der Waals surface area contributed by atoms with E-state index in [1.807, 2.05) is 0 Å². The number of hydrogen-bond donors (Lipinski definition) is 19. The number of aromatic amines is 1. The van der Waals surface area contributed by atoms with Crippen LogP contribution in [-0.4, -0.2) is 205 Å². The van der Waals surface area contributed by atoms with Crippen molar-refractivity contribution in [2.45, 2.75) is 243 Å². The number of benzene rings is 2. The Morgan fingerprint density at radius 1 is 0.519 bits per heavy atom. The number of carboxylic acid groups (broad SMARTS) is 1. The number of nitrogens with zero attached hydrogens (tertiary/aromatic N) is 1. The Bertz CT molecular complexity index is 3710. The third-order valence-corrected chi connectivity index (χ3v) is 19.0. The summed E-state index contributed by atoms with van der Waals surface area (Å²) in [5, 5.41) is 85.1. The van der Waals surface area contributed by atoms with Crippen molar-refractivity contribution >= 4 is 87.9 Å². The minimum atomic E-state index is -1.86. The van der Waals surface area contributed by atoms with E-state index in [0.717, 1.165) is 6.42 Å². The van der Waals surface area contributed by atoms with Gasteiger partial charge in [-0.3, -0.25) is 62.3 Å². The van der Waals surface area contributed by atoms with E-state index in [1.165, 1.54) is 74.8 Å². The number of carbonyl (C=O) groups excluding carboxylic acids is 12. The molecule has 33 heteroatoms. The standard InChI is InChI=1S/C75H109N15O18/c1-7-17-51-65(99)83-53(31-32-59(97)98)66(100)84-55(39-45-25-29-49(94)30-26-45)70(104)90-62(46-18-10-8-11-19-46)73(107)89-60(42(2)91)71(105)79-37-33-57(95)77-35-15-9-12-22-58(96)87-63(75(4,5)6)74(108)86-54(38-44-23-27-48(93)28-24-44)68(102)82-52(21-13-14-34-76)67(101)88-61(43(3)92)72(106)85-56(69(103)81-51)40-47-41-80-64-50(47)20-16-36-78-64/h16,20,23-30,36,41-43,46,51-56,60-63,91-94H,7-15,17-19,21-22,31-35,37-40,76H2,1-6H3,(H,77,95)(H,78,80)(H,79,105)(H,81,103)(H,82,102)(H,83,99)(H,84,100)(H,85,106)(H,86,108)(H,87,96)(H,88,101)(H,89,107)(H,90,104)(H,97,98)/t42-,43-,51+,52+,53+,54+,55+,56+,60+,61+,62+,63-/m1/s1. The number of nitrogens with two attached hydrogens (primary N) is 1. The average molecular weight is 1510 g/mol. The van der Waals surface area contributed by atoms with Gasteiger partial charge in [-0.1, -0.05) is 84.1 Å². The minimum Gasteiger partial charge on any atom is -0.508 e. The summed E-state index contributed by atoms with van der Waals surface area (Å²) in [7, 11) is 0. The van der Waals surface area contributed by atoms with E-state index in [9.17, 15) is 83.1 Å². The van der Waals surface area contributed by atoms with Crippen LogP contribution in [0.5, 0.6) is 11.5 Å². The molecular weight excluding hydrogens is 1400 g/mol. The van der Waals surface area contributed by atoms with E-state index in [0.29, 0.717) is 79.1 Å². The molecule has 0 radical (unpaired) electrons. The van der Waals surface area contributed by atoms with E-state index in [4.69, 9.17) is 5.73 Å². The van der Waals surface area contributed by atoms with Crippen molar-refractivity contribution in [3.63, 3.8) is 0 Å². The molecule has 12 atom stereocenters. The monoisotopic (exact) mass is 1510 g/mol. The first kappa shape index (κ1) is 86.6. The zero-order chi connectivity index (χ0) is 79.2. The second-order valence-corrected chi connectivity index (χ2v) is 28.9. The lowest BCUT2D eigenvalue weighted by Crippen LogP contribution is -2.63. The van der Waals surface area contributed by atoms with Gasteiger partial charge in [-0.05, 0) is 143 Å². The van der Waals surface area contributed by atoms with Gasteiger partial charge >= 0.3 is 5.97 Å². The number of aromatic hydroxyl groups is 2. The number of nitrogens with one attached hydrogen (secondary N) is 13. The summed E-state index contributed by atoms with van der Waals surface area (Å²) in [5.41, 5.74) is 6.60. The van der Waals surface area contributed by atoms with Crippen molar-refractivity contribution in [3.8, 4) is 11.5 Å². The fraction of sp³-hybridized carbons (Fsp3) is 0.573. The number of hydrogen-bond acceptors (Lipinski definition) is 19. The van der Waals surface area contributed by atoms with Crippen LogP contribution in [-0.2, 0) is 81.6 Å². The van der Waals surface area contributed by atoms with Crippen LogP contribution in [0.25, 0.3) is 11.0 Å². The Hall–Kier alpha value is -10.3. The molecule has 2 aliphatic rings. The predicted molar refractivity (Wildman–Crippen MR) is 396 cm³/mol. The summed E-state index contributed by atoms with van der Waals surface area (Å²) >= 11 is 0. The number of fused-ring (bicyclic) bond motifs is 1. The van der Waals surface area contributed by atoms with Crippen molar-refractivity contribution in [2.24, 2.45) is 17.1 Å². The van der Waals surface area contributed by atoms with E-state index in [-0.39, 0.29) is 88.9 Å². The van der Waals surface area contributed by atoms with Crippen LogP contribution in [0, 0.1) is 11.3 Å². The first-order valence-corrected chi connectivity index (χ1v) is 37.2. The van der Waals surface area contributed by atoms with Crippen LogP contribution in [0.1, 0.15) is 167 Å². The number of unbranched alkanes of at least 4 members (excludes halogenated alkanes) is 1. The van der Waals surface area contributed by atoms with E-state index in [2.05, 4.69) is 73.8 Å². The van der Waals surface area contributed by atoms with Crippen molar-refractivity contribution in [2.75, 3.05) is 19.6 Å². The van der Waals surface area contributed by atoms with Crippen molar-refractivity contribution in [3.05, 3.63) is 89.7 Å². The summed E-state index contributed by atoms with van der Waals surface area (Å²) in [6.45, 7) is 9.38. The lowest BCUT2D eigenvalue weighted by Gasteiger charge is -2.33. The van der Waals surface area contributed by atoms with Gasteiger partial charge in [0.2, 0.25) is 70.9 Å². The van der Waals surface area contributed by atoms with E-state index in [1.54, 1.807) is 39.8 Å². The molecule has 0 bridgehead atoms. The normalized spacial score (nSPS) is 24.5. The Balaban J connectivity index is 1.38. The van der Waals surface area contributed by atoms with Gasteiger partial charge in [0.15, 0.2) is 0 Å². The smallest absolute Gasteiger partial charge is 0.303 e. The zero-order valence-corrected chi connectivity index (χ0v) is 62.3. The molecule has 0 spiro atoms. The fourth-order valence-electron chi connectivity index (χ4n) is 12.9. The van der Waals surface area contributed by atoms with E-state index < -0.39 is 174 Å². The second kappa shape index (κ2) is 42.9. The average Bonchev–Trinajstić information content (AvgIpc) is 1.59. The van der Waals surface area contributed by atoms with Gasteiger partial charge in [-0.25, -0.2) is 4.98 Å². The maximum Gasteiger partial charge on any atom is 0.303 e. The molecule has 2 fully saturated rings. The maximum atomic E-state index is 15.0. The number of phenolic OH excluding ortho intramolecular Hbond substituents is 2. The SMILES string of the molecule is CCC[C@@H]1NC(=O)[C@H](Cc2c[nH]c3ncccc23)NC(=O)[C@H]([C@@H](C)O)NC(=O)[C@H](CCCCN)NC(=O)[C@H](Cc2ccc(O)cc2)NC(=O)[C@H](C(C)(C)C)NC(=O)CCCCCNC(=O)CCNC(=O)[C@H]([C@@H](C)O)NC(=O)[C@H](C2CCCCC2)NC(=O)[C@H](Cc2ccc(O)cc2)NC(=O)[C@H](CCC(=O)O)NC1=O. The number of aliphatic carboxylic acids is 1. The van der Waals surface area contributed by atoms with Crippen molar-refractivity contribution < 1.29 is 87.9 Å². The summed E-state index contributed by atoms with van der Waals surface area (Å²) in [6.07, 6.45) is 2.35. The molecular formula is C75H109N15O18. The highest BCUT2D eigenvalue weighted by Gasteiger charge is 2.41. The number of H-pyrrole nitrogens is 1. The molecule has 4 aromatic rings. The van der Waals surface area contributed by atoms with Crippen LogP contribution < -0.4 is 69.5 Å². The lowest BCUT2D eigenvalue weighted by atomic mass is 9.83. The van der Waals surface area contributed by atoms with Gasteiger partial charge in [-0.15, -0.1) is 0 Å². The Morgan fingerprint density at radius 2 is 1.02 bits per heavy atom. The van der Waals surface area contributed by atoms with Crippen LogP contribution >= 0.6 is 0 Å². The van der Waals surface area contributed by atoms with E-state index >= 15 is 4.79 Å². The number of carboxylic acids is 1. The number of carbonyl (C=O) groups is 13. The van der Waals surface area contributed by atoms with Crippen LogP contribution in [0.15, 0.2) is 73.1 Å². The predicted octanol–water partition coefficient (Wildman–Crippen LogP) is 0.228. The molecule has 0 unspecified atom stereocenters. The highest BCUT2D eigenvalue weighted by Crippen LogP contribution is 2.28. The molecule has 20 N–H and O–H groups in total. The molecule has 6 rings (SSSR count). The molecule has 33 nitrogen and oxygen atoms in total. The zero-order valence-electron chi connectivity index (χ0n) is 62.3. The number of pyridine rings is 1. The lowest BCUT2D eigenvalue weighted by molar-refractivity contribution is -0.139. The molecule has 2 aromatic carbocycles. The number of aromatic nitrogens is 2. The minimum absolute atomic E-state index is 0.0391. The van der Waals surface area contributed by atoms with Gasteiger partial charge in [0.05, 0.1) is 12.2 Å². The van der Waals surface area contributed by atoms with Gasteiger partial charge in [0.1, 0.15) is 77.6 Å². The number of phenols is 2. The van der Waals surface area contributed by atoms with Crippen LogP contribution in [0.3, 0.4) is 0 Å². The van der Waals surface area contributed by atoms with Gasteiger partial charge in [0.25, 0.3) is 0 Å². The Kier molecular flexibility index (Phi) is 34.4. The third-order valence-electron chi connectivity index (χ3n) is 19.0. The summed E-state index contributed by atoms with van der Waals surface area (Å²) in [5.74, 6) is -12.6. The number of aliphatic hydroxyl groups is 2. The highest BCUT2D eigenvalue weighted by molar-refractivity contribution is 6.00. The largest absolute Gasteiger partial charge is 0.508 e. The molecule has 2 aromatic heterocycles. The number of aliphatic hydroxyl groups excluding tert-OH is 2. The van der Waals surface area contributed by atoms with Gasteiger partial charge < -0.3 is 100 Å². The summed E-state index contributed by atoms with van der Waals surface area (Å²) in [4.78, 5) is 193. The third kappa shape index (κ3) is 27.8. The molecule has 1 aliphatic heterocycles.